The molecule has 1 aromatic heterocycles. The van der Waals surface area contributed by atoms with Crippen LogP contribution in [-0.2, 0) is 13.1 Å². The Morgan fingerprint density at radius 3 is 2.93 bits per heavy atom. The Kier molecular flexibility index (Phi) is 5.31. The molecule has 0 fully saturated rings. The van der Waals surface area contributed by atoms with Crippen LogP contribution in [0.1, 0.15) is 18.9 Å². The lowest BCUT2D eigenvalue weighted by Gasteiger charge is -2.12. The van der Waals surface area contributed by atoms with Gasteiger partial charge in [-0.25, -0.2) is 0 Å². The van der Waals surface area contributed by atoms with Gasteiger partial charge in [-0.3, -0.25) is 4.68 Å². The summed E-state index contributed by atoms with van der Waals surface area (Å²) in [7, 11) is 0. The van der Waals surface area contributed by atoms with Crippen molar-refractivity contribution in [3.05, 3.63) is 18.0 Å². The molecular weight excluding hydrogens is 194 g/mol. The van der Waals surface area contributed by atoms with Crippen LogP contribution in [0.3, 0.4) is 0 Å². The molecule has 0 aliphatic heterocycles. The van der Waals surface area contributed by atoms with E-state index in [1.807, 2.05) is 13.1 Å². The van der Waals surface area contributed by atoms with Gasteiger partial charge in [0.1, 0.15) is 0 Å². The lowest BCUT2D eigenvalue weighted by Crippen LogP contribution is -2.31. The van der Waals surface area contributed by atoms with Gasteiger partial charge in [0.2, 0.25) is 0 Å². The Hall–Kier alpha value is -0.910. The van der Waals surface area contributed by atoms with Crippen LogP contribution in [0.25, 0.3) is 0 Å². The molecule has 0 saturated heterocycles. The maximum absolute atomic E-state index is 8.98. The number of nitrogens with zero attached hydrogens (tertiary/aromatic N) is 2. The Labute approximate surface area is 89.7 Å². The van der Waals surface area contributed by atoms with Gasteiger partial charge in [-0.2, -0.15) is 5.10 Å². The van der Waals surface area contributed by atoms with Crippen LogP contribution < -0.4 is 5.32 Å². The fourth-order valence-corrected chi connectivity index (χ4v) is 1.32. The largest absolute Gasteiger partial charge is 0.395 e. The van der Waals surface area contributed by atoms with E-state index < -0.39 is 0 Å². The molecule has 0 spiro atoms. The summed E-state index contributed by atoms with van der Waals surface area (Å²) in [5, 5.41) is 25.0. The molecule has 0 radical (unpaired) electrons. The summed E-state index contributed by atoms with van der Waals surface area (Å²) in [4.78, 5) is 0. The number of aromatic nitrogens is 2. The highest BCUT2D eigenvalue weighted by Crippen LogP contribution is 1.99. The monoisotopic (exact) mass is 213 g/mol. The molecule has 0 aliphatic carbocycles. The van der Waals surface area contributed by atoms with Gasteiger partial charge in [0.25, 0.3) is 0 Å². The first-order chi connectivity index (χ1) is 7.30. The topological polar surface area (TPSA) is 70.3 Å². The van der Waals surface area contributed by atoms with Crippen molar-refractivity contribution < 1.29 is 10.2 Å². The van der Waals surface area contributed by atoms with Crippen LogP contribution in [0.2, 0.25) is 0 Å². The Morgan fingerprint density at radius 2 is 2.33 bits per heavy atom. The van der Waals surface area contributed by atoms with Gasteiger partial charge in [0.15, 0.2) is 0 Å². The van der Waals surface area contributed by atoms with Gasteiger partial charge in [-0.15, -0.1) is 0 Å². The predicted molar refractivity (Wildman–Crippen MR) is 57.3 cm³/mol. The molecule has 1 aromatic rings. The van der Waals surface area contributed by atoms with E-state index in [1.165, 1.54) is 0 Å². The Balaban J connectivity index is 2.36. The predicted octanol–water partition coefficient (Wildman–Crippen LogP) is -0.264. The van der Waals surface area contributed by atoms with Crippen molar-refractivity contribution in [2.24, 2.45) is 0 Å². The molecule has 1 rings (SSSR count). The van der Waals surface area contributed by atoms with Crippen molar-refractivity contribution in [1.29, 1.82) is 0 Å². The Morgan fingerprint density at radius 1 is 1.53 bits per heavy atom. The molecule has 0 aliphatic rings. The van der Waals surface area contributed by atoms with Gasteiger partial charge in [0.05, 0.1) is 26.0 Å². The smallest absolute Gasteiger partial charge is 0.0640 e. The number of nitrogens with one attached hydrogen (secondary N) is 1. The average Bonchev–Trinajstić information content (AvgIpc) is 2.68. The number of aliphatic hydroxyl groups excluding tert-OH is 2. The highest BCUT2D eigenvalue weighted by molar-refractivity contribution is 5.03. The molecule has 1 atom stereocenters. The summed E-state index contributed by atoms with van der Waals surface area (Å²) in [6.07, 6.45) is 4.57. The molecule has 3 N–H and O–H groups in total. The highest BCUT2D eigenvalue weighted by Gasteiger charge is 2.04. The van der Waals surface area contributed by atoms with E-state index in [2.05, 4.69) is 10.4 Å². The van der Waals surface area contributed by atoms with E-state index in [0.717, 1.165) is 12.0 Å². The second kappa shape index (κ2) is 6.55. The van der Waals surface area contributed by atoms with Crippen LogP contribution in [0.4, 0.5) is 0 Å². The zero-order valence-electron chi connectivity index (χ0n) is 9.06. The first kappa shape index (κ1) is 12.2. The third-order valence-electron chi connectivity index (χ3n) is 2.32. The van der Waals surface area contributed by atoms with Crippen molar-refractivity contribution in [2.45, 2.75) is 32.5 Å². The SMILES string of the molecule is CC[C@H](CO)NCc1cnn(CCO)c1. The first-order valence-corrected chi connectivity index (χ1v) is 5.26. The standard InChI is InChI=1S/C10H19N3O2/c1-2-10(8-15)11-5-9-6-12-13(7-9)3-4-14/h6-7,10-11,14-15H,2-5,8H2,1H3/t10-/m1/s1. The molecule has 5 heteroatoms. The summed E-state index contributed by atoms with van der Waals surface area (Å²) < 4.78 is 1.71. The molecular formula is C10H19N3O2. The van der Waals surface area contributed by atoms with Gasteiger partial charge in [0, 0.05) is 24.3 Å². The summed E-state index contributed by atoms with van der Waals surface area (Å²) in [6, 6.07) is 0.145. The molecule has 0 saturated carbocycles. The van der Waals surface area contributed by atoms with E-state index >= 15 is 0 Å². The maximum atomic E-state index is 8.98. The minimum absolute atomic E-state index is 0.1000. The van der Waals surface area contributed by atoms with Crippen molar-refractivity contribution in [1.82, 2.24) is 15.1 Å². The second-order valence-electron chi connectivity index (χ2n) is 3.50. The quantitative estimate of drug-likeness (QED) is 0.583. The van der Waals surface area contributed by atoms with E-state index in [0.29, 0.717) is 13.1 Å². The van der Waals surface area contributed by atoms with E-state index in [4.69, 9.17) is 10.2 Å². The summed E-state index contributed by atoms with van der Waals surface area (Å²) in [5.74, 6) is 0. The molecule has 0 amide bonds. The molecule has 15 heavy (non-hydrogen) atoms. The number of aliphatic hydroxyl groups is 2. The molecule has 0 unspecified atom stereocenters. The fourth-order valence-electron chi connectivity index (χ4n) is 1.32. The van der Waals surface area contributed by atoms with Gasteiger partial charge < -0.3 is 15.5 Å². The molecule has 1 heterocycles. The molecule has 0 bridgehead atoms. The van der Waals surface area contributed by atoms with Crippen LogP contribution in [0.15, 0.2) is 12.4 Å². The van der Waals surface area contributed by atoms with Crippen molar-refractivity contribution in [3.63, 3.8) is 0 Å². The Bertz CT molecular complexity index is 271. The first-order valence-electron chi connectivity index (χ1n) is 5.26. The highest BCUT2D eigenvalue weighted by atomic mass is 16.3. The van der Waals surface area contributed by atoms with Crippen molar-refractivity contribution in [2.75, 3.05) is 13.2 Å². The minimum Gasteiger partial charge on any atom is -0.395 e. The number of rotatable bonds is 7. The van der Waals surface area contributed by atoms with E-state index in [1.54, 1.807) is 10.9 Å². The summed E-state index contributed by atoms with van der Waals surface area (Å²) >= 11 is 0. The van der Waals surface area contributed by atoms with Crippen LogP contribution in [0.5, 0.6) is 0 Å². The zero-order valence-corrected chi connectivity index (χ0v) is 9.06. The van der Waals surface area contributed by atoms with Gasteiger partial charge >= 0.3 is 0 Å². The van der Waals surface area contributed by atoms with Crippen molar-refractivity contribution in [3.8, 4) is 0 Å². The van der Waals surface area contributed by atoms with E-state index in [9.17, 15) is 0 Å². The number of hydrogen-bond donors (Lipinski definition) is 3. The minimum atomic E-state index is 0.1000. The summed E-state index contributed by atoms with van der Waals surface area (Å²) in [5.41, 5.74) is 1.07. The van der Waals surface area contributed by atoms with Crippen LogP contribution >= 0.6 is 0 Å². The molecule has 0 aromatic carbocycles. The average molecular weight is 213 g/mol. The summed E-state index contributed by atoms with van der Waals surface area (Å²) in [6.45, 7) is 3.51. The lowest BCUT2D eigenvalue weighted by atomic mass is 10.2. The van der Waals surface area contributed by atoms with Crippen LogP contribution in [0, 0.1) is 0 Å². The maximum Gasteiger partial charge on any atom is 0.0640 e. The van der Waals surface area contributed by atoms with Crippen LogP contribution in [-0.4, -0.2) is 39.2 Å². The molecule has 86 valence electrons. The van der Waals surface area contributed by atoms with Gasteiger partial charge in [-0.05, 0) is 6.42 Å². The zero-order chi connectivity index (χ0) is 11.1. The fraction of sp³-hybridized carbons (Fsp3) is 0.700. The molecule has 5 nitrogen and oxygen atoms in total. The lowest BCUT2D eigenvalue weighted by molar-refractivity contribution is 0.238. The normalized spacial score (nSPS) is 13.0. The number of hydrogen-bond acceptors (Lipinski definition) is 4. The second-order valence-corrected chi connectivity index (χ2v) is 3.50. The van der Waals surface area contributed by atoms with Crippen molar-refractivity contribution >= 4 is 0 Å². The van der Waals surface area contributed by atoms with E-state index in [-0.39, 0.29) is 19.3 Å². The van der Waals surface area contributed by atoms with Gasteiger partial charge in [-0.1, -0.05) is 6.92 Å². The third-order valence-corrected chi connectivity index (χ3v) is 2.32. The third kappa shape index (κ3) is 3.99.